The van der Waals surface area contributed by atoms with Gasteiger partial charge in [-0.25, -0.2) is 13.6 Å². The zero-order valence-electron chi connectivity index (χ0n) is 15.1. The molecule has 7 nitrogen and oxygen atoms in total. The Morgan fingerprint density at radius 3 is 2.83 bits per heavy atom. The molecule has 1 aliphatic heterocycles. The molecule has 9 heteroatoms. The van der Waals surface area contributed by atoms with Gasteiger partial charge in [-0.1, -0.05) is 30.3 Å². The molecule has 0 radical (unpaired) electrons. The van der Waals surface area contributed by atoms with Gasteiger partial charge in [-0.2, -0.15) is 9.78 Å². The second kappa shape index (κ2) is 7.70. The van der Waals surface area contributed by atoms with Crippen LogP contribution in [0.1, 0.15) is 11.1 Å². The zero-order chi connectivity index (χ0) is 20.4. The van der Waals surface area contributed by atoms with Crippen molar-refractivity contribution >= 4 is 17.6 Å². The predicted molar refractivity (Wildman–Crippen MR) is 99.7 cm³/mol. The SMILES string of the molecule is O=C1Nc2c(F)cc(F)cc2OC[C@@H]1NC(=O)n1cc(Cc2ccccc2)cn1. The molecule has 4 rings (SSSR count). The second-order valence-corrected chi connectivity index (χ2v) is 6.52. The lowest BCUT2D eigenvalue weighted by atomic mass is 10.1. The van der Waals surface area contributed by atoms with E-state index in [-0.39, 0.29) is 18.0 Å². The number of nitrogens with zero attached hydrogens (tertiary/aromatic N) is 2. The molecule has 0 unspecified atom stereocenters. The first-order valence-electron chi connectivity index (χ1n) is 8.80. The van der Waals surface area contributed by atoms with E-state index >= 15 is 0 Å². The summed E-state index contributed by atoms with van der Waals surface area (Å²) in [4.78, 5) is 24.8. The van der Waals surface area contributed by atoms with Gasteiger partial charge in [0.1, 0.15) is 29.9 Å². The Hall–Kier alpha value is -3.75. The minimum absolute atomic E-state index is 0.142. The van der Waals surface area contributed by atoms with Crippen LogP contribution in [0.15, 0.2) is 54.9 Å². The third-order valence-electron chi connectivity index (χ3n) is 4.38. The van der Waals surface area contributed by atoms with Crippen LogP contribution in [-0.4, -0.2) is 34.4 Å². The van der Waals surface area contributed by atoms with Crippen LogP contribution in [0.25, 0.3) is 0 Å². The number of hydrogen-bond donors (Lipinski definition) is 2. The van der Waals surface area contributed by atoms with Gasteiger partial charge in [-0.05, 0) is 11.1 Å². The van der Waals surface area contributed by atoms with E-state index in [2.05, 4.69) is 15.7 Å². The molecule has 2 N–H and O–H groups in total. The topological polar surface area (TPSA) is 85.3 Å². The second-order valence-electron chi connectivity index (χ2n) is 6.52. The first kappa shape index (κ1) is 18.6. The highest BCUT2D eigenvalue weighted by Gasteiger charge is 2.29. The van der Waals surface area contributed by atoms with Gasteiger partial charge in [-0.15, -0.1) is 0 Å². The molecule has 148 valence electrons. The lowest BCUT2D eigenvalue weighted by molar-refractivity contribution is -0.118. The summed E-state index contributed by atoms with van der Waals surface area (Å²) in [5.74, 6) is -2.62. The van der Waals surface area contributed by atoms with E-state index in [1.54, 1.807) is 12.4 Å². The van der Waals surface area contributed by atoms with Crippen LogP contribution in [0.5, 0.6) is 5.75 Å². The van der Waals surface area contributed by atoms with E-state index in [4.69, 9.17) is 4.74 Å². The van der Waals surface area contributed by atoms with Gasteiger partial charge >= 0.3 is 6.03 Å². The summed E-state index contributed by atoms with van der Waals surface area (Å²) >= 11 is 0. The number of nitrogens with one attached hydrogen (secondary N) is 2. The lowest BCUT2D eigenvalue weighted by Crippen LogP contribution is -2.48. The standard InChI is InChI=1S/C20H16F2N4O3/c21-14-7-15(22)18-17(8-14)29-11-16(19(27)25-18)24-20(28)26-10-13(9-23-26)6-12-4-2-1-3-5-12/h1-5,7-10,16H,6,11H2,(H,24,28)(H,25,27)/t16-/m0/s1. The van der Waals surface area contributed by atoms with Crippen molar-refractivity contribution < 1.29 is 23.1 Å². The van der Waals surface area contributed by atoms with Crippen LogP contribution >= 0.6 is 0 Å². The molecule has 0 saturated heterocycles. The molecule has 0 aliphatic carbocycles. The third-order valence-corrected chi connectivity index (χ3v) is 4.38. The highest BCUT2D eigenvalue weighted by atomic mass is 19.1. The molecule has 2 aromatic carbocycles. The first-order chi connectivity index (χ1) is 14.0. The average Bonchev–Trinajstić information content (AvgIpc) is 3.10. The fraction of sp³-hybridized carbons (Fsp3) is 0.150. The van der Waals surface area contributed by atoms with E-state index in [0.717, 1.165) is 21.9 Å². The molecular weight excluding hydrogens is 382 g/mol. The maximum Gasteiger partial charge on any atom is 0.342 e. The number of rotatable bonds is 3. The molecule has 1 aromatic heterocycles. The van der Waals surface area contributed by atoms with Crippen molar-refractivity contribution in [2.45, 2.75) is 12.5 Å². The Bertz CT molecular complexity index is 1070. The Morgan fingerprint density at radius 2 is 2.03 bits per heavy atom. The molecule has 29 heavy (non-hydrogen) atoms. The van der Waals surface area contributed by atoms with Crippen molar-refractivity contribution in [3.63, 3.8) is 0 Å². The van der Waals surface area contributed by atoms with Crippen molar-refractivity contribution in [1.29, 1.82) is 0 Å². The maximum atomic E-state index is 13.9. The lowest BCUT2D eigenvalue weighted by Gasteiger charge is -2.14. The van der Waals surface area contributed by atoms with Crippen molar-refractivity contribution in [3.8, 4) is 5.75 Å². The highest BCUT2D eigenvalue weighted by Crippen LogP contribution is 2.30. The summed E-state index contributed by atoms with van der Waals surface area (Å²) in [7, 11) is 0. The molecule has 1 aliphatic rings. The minimum atomic E-state index is -1.11. The summed E-state index contributed by atoms with van der Waals surface area (Å²) < 4.78 is 33.6. The summed E-state index contributed by atoms with van der Waals surface area (Å²) in [5.41, 5.74) is 1.62. The maximum absolute atomic E-state index is 13.9. The van der Waals surface area contributed by atoms with Gasteiger partial charge in [0.25, 0.3) is 5.91 Å². The molecular formula is C20H16F2N4O3. The Morgan fingerprint density at radius 1 is 1.24 bits per heavy atom. The van der Waals surface area contributed by atoms with Crippen LogP contribution < -0.4 is 15.4 Å². The molecule has 2 heterocycles. The number of halogens is 2. The number of benzene rings is 2. The Labute approximate surface area is 164 Å². The van der Waals surface area contributed by atoms with Gasteiger partial charge in [0.2, 0.25) is 0 Å². The van der Waals surface area contributed by atoms with Crippen LogP contribution in [0, 0.1) is 11.6 Å². The van der Waals surface area contributed by atoms with Crippen molar-refractivity contribution in [3.05, 3.63) is 77.6 Å². The number of ether oxygens (including phenoxy) is 1. The summed E-state index contributed by atoms with van der Waals surface area (Å²) in [6, 6.07) is 9.52. The number of fused-ring (bicyclic) bond motifs is 1. The van der Waals surface area contributed by atoms with E-state index in [0.29, 0.717) is 12.5 Å². The van der Waals surface area contributed by atoms with Crippen LogP contribution in [0.2, 0.25) is 0 Å². The Balaban J connectivity index is 1.44. The van der Waals surface area contributed by atoms with Crippen LogP contribution in [0.3, 0.4) is 0 Å². The van der Waals surface area contributed by atoms with E-state index < -0.39 is 29.6 Å². The average molecular weight is 398 g/mol. The van der Waals surface area contributed by atoms with Crippen molar-refractivity contribution in [1.82, 2.24) is 15.1 Å². The van der Waals surface area contributed by atoms with E-state index in [1.807, 2.05) is 30.3 Å². The number of carbonyl (C=O) groups is 2. The summed E-state index contributed by atoms with van der Waals surface area (Å²) in [6.07, 6.45) is 3.72. The van der Waals surface area contributed by atoms with E-state index in [1.165, 1.54) is 0 Å². The zero-order valence-corrected chi connectivity index (χ0v) is 15.1. The first-order valence-corrected chi connectivity index (χ1v) is 8.80. The quantitative estimate of drug-likeness (QED) is 0.711. The molecule has 0 saturated carbocycles. The van der Waals surface area contributed by atoms with E-state index in [9.17, 15) is 18.4 Å². The molecule has 0 spiro atoms. The smallest absolute Gasteiger partial charge is 0.342 e. The van der Waals surface area contributed by atoms with Gasteiger partial charge in [0.05, 0.1) is 6.20 Å². The van der Waals surface area contributed by atoms with Gasteiger partial charge in [0, 0.05) is 24.8 Å². The molecule has 0 bridgehead atoms. The fourth-order valence-corrected chi connectivity index (χ4v) is 2.96. The Kier molecular flexibility index (Phi) is 4.94. The fourth-order valence-electron chi connectivity index (χ4n) is 2.96. The number of aromatic nitrogens is 2. The van der Waals surface area contributed by atoms with Gasteiger partial charge in [-0.3, -0.25) is 4.79 Å². The van der Waals surface area contributed by atoms with Gasteiger partial charge < -0.3 is 15.4 Å². The monoisotopic (exact) mass is 398 g/mol. The van der Waals surface area contributed by atoms with Crippen LogP contribution in [-0.2, 0) is 11.2 Å². The van der Waals surface area contributed by atoms with Gasteiger partial charge in [0.15, 0.2) is 5.82 Å². The highest BCUT2D eigenvalue weighted by molar-refractivity contribution is 5.99. The third kappa shape index (κ3) is 4.08. The number of anilines is 1. The number of carbonyl (C=O) groups excluding carboxylic acids is 2. The molecule has 2 amide bonds. The molecule has 0 fully saturated rings. The minimum Gasteiger partial charge on any atom is -0.488 e. The predicted octanol–water partition coefficient (Wildman–Crippen LogP) is 2.71. The summed E-state index contributed by atoms with van der Waals surface area (Å²) in [5, 5.41) is 8.81. The van der Waals surface area contributed by atoms with Crippen molar-refractivity contribution in [2.75, 3.05) is 11.9 Å². The van der Waals surface area contributed by atoms with Crippen molar-refractivity contribution in [2.24, 2.45) is 0 Å². The summed E-state index contributed by atoms with van der Waals surface area (Å²) in [6.45, 7) is -0.286. The normalized spacial score (nSPS) is 15.7. The largest absolute Gasteiger partial charge is 0.488 e. The van der Waals surface area contributed by atoms with Crippen LogP contribution in [0.4, 0.5) is 19.3 Å². The molecule has 3 aromatic rings. The number of hydrogen-bond acceptors (Lipinski definition) is 4. The molecule has 1 atom stereocenters. The number of amides is 2.